The number of urea groups is 1. The number of hydrogen-bond acceptors (Lipinski definition) is 6. The monoisotopic (exact) mass is 443 g/mol. The van der Waals surface area contributed by atoms with E-state index in [-0.39, 0.29) is 12.1 Å². The Kier molecular flexibility index (Phi) is 7.39. The molecule has 33 heavy (non-hydrogen) atoms. The van der Waals surface area contributed by atoms with Gasteiger partial charge in [-0.25, -0.2) is 9.78 Å². The van der Waals surface area contributed by atoms with Crippen LogP contribution in [-0.2, 0) is 6.54 Å². The van der Waals surface area contributed by atoms with Gasteiger partial charge in [0.25, 0.3) is 0 Å². The van der Waals surface area contributed by atoms with Crippen LogP contribution in [0, 0.1) is 22.7 Å². The van der Waals surface area contributed by atoms with E-state index in [1.54, 1.807) is 12.3 Å². The third-order valence-electron chi connectivity index (χ3n) is 6.39. The number of piperidine rings is 1. The number of hydrogen-bond donors (Lipinski definition) is 1. The van der Waals surface area contributed by atoms with Gasteiger partial charge in [-0.15, -0.1) is 0 Å². The predicted molar refractivity (Wildman–Crippen MR) is 125 cm³/mol. The number of amides is 2. The Hall–Kier alpha value is -3.62. The largest absolute Gasteiger partial charge is 0.356 e. The van der Waals surface area contributed by atoms with Crippen LogP contribution in [0.5, 0.6) is 0 Å². The van der Waals surface area contributed by atoms with Crippen molar-refractivity contribution >= 4 is 11.8 Å². The van der Waals surface area contributed by atoms with Gasteiger partial charge in [-0.3, -0.25) is 4.90 Å². The number of nitrogens with one attached hydrogen (secondary N) is 1. The third kappa shape index (κ3) is 6.00. The average Bonchev–Trinajstić information content (AvgIpc) is 3.11. The second kappa shape index (κ2) is 10.8. The van der Waals surface area contributed by atoms with Crippen molar-refractivity contribution in [3.05, 3.63) is 59.3 Å². The minimum absolute atomic E-state index is 0.0326. The molecule has 1 aromatic heterocycles. The fourth-order valence-electron chi connectivity index (χ4n) is 4.43. The number of nitrogens with zero attached hydrogens (tertiary/aromatic N) is 6. The molecule has 2 aliphatic heterocycles. The van der Waals surface area contributed by atoms with Crippen LogP contribution in [0.15, 0.2) is 42.6 Å². The van der Waals surface area contributed by atoms with E-state index in [0.29, 0.717) is 11.1 Å². The van der Waals surface area contributed by atoms with Gasteiger partial charge in [-0.05, 0) is 49.1 Å². The van der Waals surface area contributed by atoms with Gasteiger partial charge in [0.1, 0.15) is 11.9 Å². The van der Waals surface area contributed by atoms with Crippen LogP contribution in [0.25, 0.3) is 0 Å². The molecular weight excluding hydrogens is 414 g/mol. The first-order valence-corrected chi connectivity index (χ1v) is 11.5. The molecule has 2 amide bonds. The molecule has 0 unspecified atom stereocenters. The van der Waals surface area contributed by atoms with E-state index in [0.717, 1.165) is 70.9 Å². The SMILES string of the molecule is N#Cc1ccc(CN2CCCN(C(=O)NC3CCN(c4ccc(C#N)cn4)CC3)CC2)cc1. The summed E-state index contributed by atoms with van der Waals surface area (Å²) in [5, 5.41) is 21.1. The first kappa shape index (κ1) is 22.6. The Morgan fingerprint density at radius 1 is 0.939 bits per heavy atom. The van der Waals surface area contributed by atoms with Crippen LogP contribution in [-0.4, -0.2) is 66.1 Å². The average molecular weight is 444 g/mol. The van der Waals surface area contributed by atoms with Gasteiger partial charge in [-0.2, -0.15) is 10.5 Å². The van der Waals surface area contributed by atoms with Crippen molar-refractivity contribution in [2.75, 3.05) is 44.2 Å². The van der Waals surface area contributed by atoms with E-state index in [4.69, 9.17) is 10.5 Å². The fraction of sp³-hybridized carbons (Fsp3) is 0.440. The smallest absolute Gasteiger partial charge is 0.317 e. The summed E-state index contributed by atoms with van der Waals surface area (Å²) in [5.41, 5.74) is 2.43. The molecule has 1 N–H and O–H groups in total. The maximum absolute atomic E-state index is 12.9. The Bertz CT molecular complexity index is 1010. The van der Waals surface area contributed by atoms with Crippen molar-refractivity contribution in [1.82, 2.24) is 20.1 Å². The number of aromatic nitrogens is 1. The number of benzene rings is 1. The highest BCUT2D eigenvalue weighted by Crippen LogP contribution is 2.18. The normalized spacial score (nSPS) is 17.6. The molecule has 0 saturated carbocycles. The quantitative estimate of drug-likeness (QED) is 0.780. The summed E-state index contributed by atoms with van der Waals surface area (Å²) in [5.74, 6) is 0.883. The van der Waals surface area contributed by atoms with Gasteiger partial charge < -0.3 is 15.1 Å². The third-order valence-corrected chi connectivity index (χ3v) is 6.39. The van der Waals surface area contributed by atoms with Gasteiger partial charge >= 0.3 is 6.03 Å². The number of carbonyl (C=O) groups is 1. The Morgan fingerprint density at radius 3 is 2.33 bits per heavy atom. The number of pyridine rings is 1. The maximum Gasteiger partial charge on any atom is 0.317 e. The van der Waals surface area contributed by atoms with Gasteiger partial charge in [0.05, 0.1) is 17.2 Å². The van der Waals surface area contributed by atoms with E-state index in [2.05, 4.69) is 32.2 Å². The lowest BCUT2D eigenvalue weighted by Crippen LogP contribution is -2.50. The van der Waals surface area contributed by atoms with E-state index in [1.165, 1.54) is 5.56 Å². The van der Waals surface area contributed by atoms with Crippen molar-refractivity contribution in [3.63, 3.8) is 0 Å². The molecule has 0 spiro atoms. The molecule has 2 aliphatic rings. The molecule has 2 fully saturated rings. The first-order chi connectivity index (χ1) is 16.1. The molecule has 4 rings (SSSR count). The molecular formula is C25H29N7O. The molecule has 3 heterocycles. The zero-order valence-electron chi connectivity index (χ0n) is 18.8. The zero-order chi connectivity index (χ0) is 23.0. The van der Waals surface area contributed by atoms with E-state index >= 15 is 0 Å². The Balaban J connectivity index is 1.22. The van der Waals surface area contributed by atoms with E-state index in [9.17, 15) is 4.79 Å². The maximum atomic E-state index is 12.9. The van der Waals surface area contributed by atoms with E-state index < -0.39 is 0 Å². The van der Waals surface area contributed by atoms with E-state index in [1.807, 2.05) is 35.2 Å². The van der Waals surface area contributed by atoms with Crippen LogP contribution in [0.2, 0.25) is 0 Å². The Morgan fingerprint density at radius 2 is 1.67 bits per heavy atom. The summed E-state index contributed by atoms with van der Waals surface area (Å²) < 4.78 is 0. The van der Waals surface area contributed by atoms with Crippen molar-refractivity contribution in [3.8, 4) is 12.1 Å². The van der Waals surface area contributed by atoms with Crippen LogP contribution in [0.4, 0.5) is 10.6 Å². The minimum atomic E-state index is 0.0326. The van der Waals surface area contributed by atoms with Gasteiger partial charge in [0, 0.05) is 58.1 Å². The molecule has 2 aromatic rings. The van der Waals surface area contributed by atoms with Crippen molar-refractivity contribution in [2.24, 2.45) is 0 Å². The summed E-state index contributed by atoms with van der Waals surface area (Å²) in [6.07, 6.45) is 4.32. The number of carbonyl (C=O) groups excluding carboxylic acids is 1. The molecule has 0 aliphatic carbocycles. The fourth-order valence-corrected chi connectivity index (χ4v) is 4.43. The van der Waals surface area contributed by atoms with Crippen LogP contribution >= 0.6 is 0 Å². The summed E-state index contributed by atoms with van der Waals surface area (Å²) in [6.45, 7) is 5.79. The van der Waals surface area contributed by atoms with Crippen molar-refractivity contribution < 1.29 is 4.79 Å². The topological polar surface area (TPSA) is 99.3 Å². The molecule has 0 bridgehead atoms. The molecule has 0 atom stereocenters. The second-order valence-corrected chi connectivity index (χ2v) is 8.65. The number of rotatable bonds is 4. The lowest BCUT2D eigenvalue weighted by Gasteiger charge is -2.34. The lowest BCUT2D eigenvalue weighted by molar-refractivity contribution is 0.191. The van der Waals surface area contributed by atoms with Crippen molar-refractivity contribution in [1.29, 1.82) is 10.5 Å². The van der Waals surface area contributed by atoms with Gasteiger partial charge in [-0.1, -0.05) is 12.1 Å². The molecule has 170 valence electrons. The minimum Gasteiger partial charge on any atom is -0.356 e. The highest BCUT2D eigenvalue weighted by molar-refractivity contribution is 5.74. The predicted octanol–water partition coefficient (Wildman–Crippen LogP) is 2.71. The van der Waals surface area contributed by atoms with Gasteiger partial charge in [0.2, 0.25) is 0 Å². The molecule has 2 saturated heterocycles. The summed E-state index contributed by atoms with van der Waals surface area (Å²) in [4.78, 5) is 23.8. The lowest BCUT2D eigenvalue weighted by atomic mass is 10.1. The van der Waals surface area contributed by atoms with Crippen LogP contribution in [0.3, 0.4) is 0 Å². The zero-order valence-corrected chi connectivity index (χ0v) is 18.8. The Labute approximate surface area is 195 Å². The highest BCUT2D eigenvalue weighted by atomic mass is 16.2. The summed E-state index contributed by atoms with van der Waals surface area (Å²) >= 11 is 0. The molecule has 0 radical (unpaired) electrons. The molecule has 8 heteroatoms. The van der Waals surface area contributed by atoms with Crippen LogP contribution < -0.4 is 10.2 Å². The van der Waals surface area contributed by atoms with Crippen LogP contribution in [0.1, 0.15) is 36.0 Å². The summed E-state index contributed by atoms with van der Waals surface area (Å²) in [7, 11) is 0. The number of nitriles is 2. The summed E-state index contributed by atoms with van der Waals surface area (Å²) in [6, 6.07) is 15.9. The first-order valence-electron chi connectivity index (χ1n) is 11.5. The van der Waals surface area contributed by atoms with Crippen molar-refractivity contribution in [2.45, 2.75) is 31.8 Å². The van der Waals surface area contributed by atoms with Gasteiger partial charge in [0.15, 0.2) is 0 Å². The number of anilines is 1. The standard InChI is InChI=1S/C25H29N7O/c26-16-20-2-4-21(5-3-20)19-30-10-1-11-32(15-14-30)25(33)29-23-8-12-31(13-9-23)24-7-6-22(17-27)18-28-24/h2-7,18,23H,1,8-15,19H2,(H,29,33). The molecule has 8 nitrogen and oxygen atoms in total. The highest BCUT2D eigenvalue weighted by Gasteiger charge is 2.25. The molecule has 1 aromatic carbocycles. The second-order valence-electron chi connectivity index (χ2n) is 8.65.